The van der Waals surface area contributed by atoms with Crippen LogP contribution >= 0.6 is 27.5 Å². The van der Waals surface area contributed by atoms with Gasteiger partial charge in [-0.3, -0.25) is 4.72 Å². The van der Waals surface area contributed by atoms with Crippen molar-refractivity contribution >= 4 is 48.9 Å². The molecule has 100 valence electrons. The summed E-state index contributed by atoms with van der Waals surface area (Å²) in [5.41, 5.74) is 6.21. The Hall–Kier alpha value is -1.31. The van der Waals surface area contributed by atoms with E-state index in [1.54, 1.807) is 12.1 Å². The van der Waals surface area contributed by atoms with Crippen LogP contribution in [0.5, 0.6) is 0 Å². The van der Waals surface area contributed by atoms with Gasteiger partial charge < -0.3 is 5.73 Å². The average Bonchev–Trinajstić information content (AvgIpc) is 2.35. The predicted molar refractivity (Wildman–Crippen MR) is 78.6 cm³/mol. The van der Waals surface area contributed by atoms with Crippen molar-refractivity contribution in [2.45, 2.75) is 4.90 Å². The Bertz CT molecular complexity index is 722. The molecule has 2 rings (SSSR count). The van der Waals surface area contributed by atoms with Gasteiger partial charge in [-0.15, -0.1) is 0 Å². The number of halogens is 2. The highest BCUT2D eigenvalue weighted by molar-refractivity contribution is 9.10. The zero-order valence-electron chi connectivity index (χ0n) is 9.47. The summed E-state index contributed by atoms with van der Waals surface area (Å²) in [6, 6.07) is 7.47. The van der Waals surface area contributed by atoms with E-state index >= 15 is 0 Å². The minimum Gasteiger partial charge on any atom is -0.398 e. The van der Waals surface area contributed by atoms with Crippen molar-refractivity contribution in [1.82, 2.24) is 4.98 Å². The van der Waals surface area contributed by atoms with Gasteiger partial charge in [0.2, 0.25) is 0 Å². The molecule has 0 aliphatic carbocycles. The predicted octanol–water partition coefficient (Wildman–Crippen LogP) is 2.88. The SMILES string of the molecule is Nc1cc(S(=O)(=O)Nc2cccnc2Cl)ccc1Br. The van der Waals surface area contributed by atoms with E-state index in [0.29, 0.717) is 10.2 Å². The van der Waals surface area contributed by atoms with Gasteiger partial charge in [-0.25, -0.2) is 13.4 Å². The van der Waals surface area contributed by atoms with Gasteiger partial charge in [0.25, 0.3) is 10.0 Å². The number of nitrogen functional groups attached to an aromatic ring is 1. The van der Waals surface area contributed by atoms with E-state index in [1.807, 2.05) is 0 Å². The summed E-state index contributed by atoms with van der Waals surface area (Å²) in [6.07, 6.45) is 1.47. The van der Waals surface area contributed by atoms with Crippen molar-refractivity contribution in [2.24, 2.45) is 0 Å². The fourth-order valence-electron chi connectivity index (χ4n) is 1.35. The Labute approximate surface area is 124 Å². The van der Waals surface area contributed by atoms with Crippen molar-refractivity contribution in [3.8, 4) is 0 Å². The van der Waals surface area contributed by atoms with Gasteiger partial charge in [0.1, 0.15) is 0 Å². The molecule has 0 saturated heterocycles. The van der Waals surface area contributed by atoms with Gasteiger partial charge in [-0.2, -0.15) is 0 Å². The number of hydrogen-bond acceptors (Lipinski definition) is 4. The molecule has 0 bridgehead atoms. The first kappa shape index (κ1) is 14.1. The van der Waals surface area contributed by atoms with Gasteiger partial charge in [0.15, 0.2) is 5.15 Å². The molecule has 0 atom stereocenters. The number of aromatic nitrogens is 1. The molecular weight excluding hydrogens is 354 g/mol. The molecule has 0 radical (unpaired) electrons. The molecule has 1 heterocycles. The van der Waals surface area contributed by atoms with Crippen LogP contribution in [0.3, 0.4) is 0 Å². The van der Waals surface area contributed by atoms with E-state index in [0.717, 1.165) is 0 Å². The molecule has 5 nitrogen and oxygen atoms in total. The third-order valence-corrected chi connectivity index (χ3v) is 4.67. The number of nitrogens with two attached hydrogens (primary N) is 1. The second-order valence-corrected chi connectivity index (χ2v) is 6.53. The van der Waals surface area contributed by atoms with Crippen LogP contribution in [0.1, 0.15) is 0 Å². The minimum absolute atomic E-state index is 0.0492. The van der Waals surface area contributed by atoms with Crippen molar-refractivity contribution in [3.05, 3.63) is 46.2 Å². The smallest absolute Gasteiger partial charge is 0.262 e. The highest BCUT2D eigenvalue weighted by Crippen LogP contribution is 2.26. The van der Waals surface area contributed by atoms with Crippen LogP contribution in [0.4, 0.5) is 11.4 Å². The Morgan fingerprint density at radius 3 is 2.68 bits per heavy atom. The lowest BCUT2D eigenvalue weighted by Crippen LogP contribution is -2.13. The molecule has 0 aliphatic rings. The van der Waals surface area contributed by atoms with E-state index in [2.05, 4.69) is 25.6 Å². The van der Waals surface area contributed by atoms with Crippen LogP contribution in [0, 0.1) is 0 Å². The molecular formula is C11H9BrClN3O2S. The molecule has 8 heteroatoms. The van der Waals surface area contributed by atoms with Crippen molar-refractivity contribution in [1.29, 1.82) is 0 Å². The highest BCUT2D eigenvalue weighted by Gasteiger charge is 2.16. The first-order valence-electron chi connectivity index (χ1n) is 5.08. The summed E-state index contributed by atoms with van der Waals surface area (Å²) in [7, 11) is -3.75. The quantitative estimate of drug-likeness (QED) is 0.649. The minimum atomic E-state index is -3.75. The first-order chi connectivity index (χ1) is 8.90. The molecule has 0 spiro atoms. The molecule has 2 aromatic rings. The van der Waals surface area contributed by atoms with Gasteiger partial charge >= 0.3 is 0 Å². The van der Waals surface area contributed by atoms with Crippen LogP contribution < -0.4 is 10.5 Å². The van der Waals surface area contributed by atoms with Gasteiger partial charge in [-0.05, 0) is 46.3 Å². The van der Waals surface area contributed by atoms with E-state index in [4.69, 9.17) is 17.3 Å². The molecule has 1 aromatic heterocycles. The summed E-state index contributed by atoms with van der Waals surface area (Å²) in [4.78, 5) is 3.84. The second kappa shape index (κ2) is 5.36. The summed E-state index contributed by atoms with van der Waals surface area (Å²) < 4.78 is 27.3. The zero-order chi connectivity index (χ0) is 14.0. The molecule has 3 N–H and O–H groups in total. The van der Waals surface area contributed by atoms with E-state index in [-0.39, 0.29) is 15.7 Å². The first-order valence-corrected chi connectivity index (χ1v) is 7.74. The summed E-state index contributed by atoms with van der Waals surface area (Å²) in [5, 5.41) is 0.0798. The number of rotatable bonds is 3. The number of pyridine rings is 1. The largest absolute Gasteiger partial charge is 0.398 e. The Balaban J connectivity index is 2.38. The topological polar surface area (TPSA) is 85.1 Å². The number of anilines is 2. The Morgan fingerprint density at radius 1 is 1.32 bits per heavy atom. The lowest BCUT2D eigenvalue weighted by molar-refractivity contribution is 0.601. The number of benzene rings is 1. The number of sulfonamides is 1. The van der Waals surface area contributed by atoms with E-state index < -0.39 is 10.0 Å². The van der Waals surface area contributed by atoms with Gasteiger partial charge in [0.05, 0.1) is 10.6 Å². The molecule has 0 aliphatic heterocycles. The summed E-state index contributed by atoms with van der Waals surface area (Å²) >= 11 is 9.01. The lowest BCUT2D eigenvalue weighted by atomic mass is 10.3. The van der Waals surface area contributed by atoms with Crippen LogP contribution in [0.25, 0.3) is 0 Å². The van der Waals surface area contributed by atoms with E-state index in [1.165, 1.54) is 24.4 Å². The van der Waals surface area contributed by atoms with Crippen molar-refractivity contribution in [3.63, 3.8) is 0 Å². The summed E-state index contributed by atoms with van der Waals surface area (Å²) in [5.74, 6) is 0. The van der Waals surface area contributed by atoms with Crippen molar-refractivity contribution in [2.75, 3.05) is 10.5 Å². The Morgan fingerprint density at radius 2 is 2.05 bits per heavy atom. The van der Waals surface area contributed by atoms with Gasteiger partial charge in [0, 0.05) is 16.4 Å². The van der Waals surface area contributed by atoms with Crippen LogP contribution in [-0.2, 0) is 10.0 Å². The van der Waals surface area contributed by atoms with Gasteiger partial charge in [-0.1, -0.05) is 11.6 Å². The van der Waals surface area contributed by atoms with E-state index in [9.17, 15) is 8.42 Å². The number of nitrogens with one attached hydrogen (secondary N) is 1. The third kappa shape index (κ3) is 3.17. The maximum absolute atomic E-state index is 12.1. The molecule has 0 saturated carbocycles. The Kier molecular flexibility index (Phi) is 3.98. The molecule has 1 aromatic carbocycles. The highest BCUT2D eigenvalue weighted by atomic mass is 79.9. The monoisotopic (exact) mass is 361 g/mol. The third-order valence-electron chi connectivity index (χ3n) is 2.28. The normalized spacial score (nSPS) is 11.3. The maximum atomic E-state index is 12.1. The average molecular weight is 363 g/mol. The lowest BCUT2D eigenvalue weighted by Gasteiger charge is -2.09. The molecule has 0 amide bonds. The standard InChI is InChI=1S/C11H9BrClN3O2S/c12-8-4-3-7(6-9(8)14)19(17,18)16-10-2-1-5-15-11(10)13/h1-6,16H,14H2. The molecule has 0 fully saturated rings. The second-order valence-electron chi connectivity index (χ2n) is 3.63. The van der Waals surface area contributed by atoms with Crippen LogP contribution in [0.2, 0.25) is 5.15 Å². The van der Waals surface area contributed by atoms with Crippen LogP contribution in [-0.4, -0.2) is 13.4 Å². The number of nitrogens with zero attached hydrogens (tertiary/aromatic N) is 1. The number of hydrogen-bond donors (Lipinski definition) is 2. The maximum Gasteiger partial charge on any atom is 0.262 e. The summed E-state index contributed by atoms with van der Waals surface area (Å²) in [6.45, 7) is 0. The molecule has 0 unspecified atom stereocenters. The zero-order valence-corrected chi connectivity index (χ0v) is 12.6. The molecule has 19 heavy (non-hydrogen) atoms. The van der Waals surface area contributed by atoms with Crippen molar-refractivity contribution < 1.29 is 8.42 Å². The fraction of sp³-hybridized carbons (Fsp3) is 0. The van der Waals surface area contributed by atoms with Crippen LogP contribution in [0.15, 0.2) is 45.9 Å². The fourth-order valence-corrected chi connectivity index (χ4v) is 2.93.